The van der Waals surface area contributed by atoms with E-state index in [9.17, 15) is 8.42 Å². The Hall–Kier alpha value is -0.470. The van der Waals surface area contributed by atoms with Gasteiger partial charge in [-0.1, -0.05) is 0 Å². The summed E-state index contributed by atoms with van der Waals surface area (Å²) in [6, 6.07) is 3.41. The first-order valence-electron chi connectivity index (χ1n) is 6.55. The van der Waals surface area contributed by atoms with Crippen molar-refractivity contribution >= 4 is 21.4 Å². The van der Waals surface area contributed by atoms with Crippen molar-refractivity contribution in [2.75, 3.05) is 13.1 Å². The molecule has 0 bridgehead atoms. The van der Waals surface area contributed by atoms with Crippen LogP contribution in [0, 0.1) is 0 Å². The predicted molar refractivity (Wildman–Crippen MR) is 80.2 cm³/mol. The number of sulfonamides is 1. The second-order valence-electron chi connectivity index (χ2n) is 6.32. The molecular weight excluding hydrogens is 296 g/mol. The van der Waals surface area contributed by atoms with E-state index in [1.54, 1.807) is 12.1 Å². The maximum atomic E-state index is 12.7. The molecular formula is C13H22N2O3S2. The van der Waals surface area contributed by atoms with Crippen LogP contribution in [-0.2, 0) is 21.3 Å². The summed E-state index contributed by atoms with van der Waals surface area (Å²) in [4.78, 5) is 0.871. The maximum Gasteiger partial charge on any atom is 0.252 e. The van der Waals surface area contributed by atoms with Gasteiger partial charge in [0.25, 0.3) is 10.0 Å². The Labute approximate surface area is 124 Å². The van der Waals surface area contributed by atoms with Gasteiger partial charge < -0.3 is 10.5 Å². The Kier molecular flexibility index (Phi) is 4.03. The van der Waals surface area contributed by atoms with E-state index in [-0.39, 0.29) is 0 Å². The molecule has 0 spiro atoms. The van der Waals surface area contributed by atoms with Gasteiger partial charge in [0.05, 0.1) is 11.2 Å². The number of morpholine rings is 1. The minimum atomic E-state index is -3.48. The summed E-state index contributed by atoms with van der Waals surface area (Å²) in [7, 11) is -3.48. The van der Waals surface area contributed by atoms with Crippen molar-refractivity contribution in [2.45, 2.75) is 49.7 Å². The topological polar surface area (TPSA) is 72.6 Å². The van der Waals surface area contributed by atoms with Gasteiger partial charge in [0.1, 0.15) is 4.21 Å². The number of thiophene rings is 1. The van der Waals surface area contributed by atoms with Gasteiger partial charge >= 0.3 is 0 Å². The van der Waals surface area contributed by atoms with Crippen LogP contribution >= 0.6 is 11.3 Å². The van der Waals surface area contributed by atoms with E-state index >= 15 is 0 Å². The summed E-state index contributed by atoms with van der Waals surface area (Å²) in [5, 5.41) is 0. The lowest BCUT2D eigenvalue weighted by Gasteiger charge is -2.46. The quantitative estimate of drug-likeness (QED) is 0.922. The van der Waals surface area contributed by atoms with Gasteiger partial charge in [-0.05, 0) is 39.8 Å². The molecule has 7 heteroatoms. The van der Waals surface area contributed by atoms with Gasteiger partial charge in [-0.2, -0.15) is 4.31 Å². The molecule has 114 valence electrons. The fourth-order valence-corrected chi connectivity index (χ4v) is 5.75. The van der Waals surface area contributed by atoms with E-state index in [1.165, 1.54) is 15.6 Å². The summed E-state index contributed by atoms with van der Waals surface area (Å²) in [5.74, 6) is 0. The average molecular weight is 318 g/mol. The van der Waals surface area contributed by atoms with Crippen LogP contribution in [0.25, 0.3) is 0 Å². The molecule has 1 saturated heterocycles. The van der Waals surface area contributed by atoms with E-state index < -0.39 is 21.2 Å². The molecule has 1 aliphatic heterocycles. The van der Waals surface area contributed by atoms with Gasteiger partial charge in [0.2, 0.25) is 0 Å². The molecule has 2 heterocycles. The second kappa shape index (κ2) is 5.06. The first-order valence-corrected chi connectivity index (χ1v) is 8.81. The third-order valence-electron chi connectivity index (χ3n) is 3.10. The molecule has 1 fully saturated rings. The Morgan fingerprint density at radius 2 is 1.80 bits per heavy atom. The molecule has 0 unspecified atom stereocenters. The van der Waals surface area contributed by atoms with Gasteiger partial charge in [-0.3, -0.25) is 0 Å². The van der Waals surface area contributed by atoms with Crippen LogP contribution in [0.2, 0.25) is 0 Å². The largest absolute Gasteiger partial charge is 0.367 e. The van der Waals surface area contributed by atoms with E-state index in [4.69, 9.17) is 10.5 Å². The zero-order chi connectivity index (χ0) is 15.2. The van der Waals surface area contributed by atoms with Crippen LogP contribution in [0.1, 0.15) is 32.6 Å². The third-order valence-corrected chi connectivity index (χ3v) is 6.47. The summed E-state index contributed by atoms with van der Waals surface area (Å²) in [5.41, 5.74) is 4.56. The molecule has 1 aromatic rings. The number of nitrogens with two attached hydrogens (primary N) is 1. The summed E-state index contributed by atoms with van der Waals surface area (Å²) < 4.78 is 33.3. The smallest absolute Gasteiger partial charge is 0.252 e. The van der Waals surface area contributed by atoms with Crippen molar-refractivity contribution in [1.82, 2.24) is 4.31 Å². The Morgan fingerprint density at radius 1 is 1.25 bits per heavy atom. The predicted octanol–water partition coefficient (Wildman–Crippen LogP) is 1.78. The number of hydrogen-bond acceptors (Lipinski definition) is 5. The SMILES string of the molecule is CC1(C)CN(S(=O)(=O)c2ccc(CN)s2)CC(C)(C)O1. The second-order valence-corrected chi connectivity index (χ2v) is 9.65. The zero-order valence-corrected chi connectivity index (χ0v) is 14.0. The molecule has 0 radical (unpaired) electrons. The Bertz CT molecular complexity index is 575. The van der Waals surface area contributed by atoms with Crippen LogP contribution in [0.15, 0.2) is 16.3 Å². The standard InChI is InChI=1S/C13H22N2O3S2/c1-12(2)8-15(9-13(3,4)18-12)20(16,17)11-6-5-10(7-14)19-11/h5-6H,7-9,14H2,1-4H3. The van der Waals surface area contributed by atoms with Crippen molar-refractivity contribution in [3.63, 3.8) is 0 Å². The van der Waals surface area contributed by atoms with E-state index in [1.807, 2.05) is 27.7 Å². The van der Waals surface area contributed by atoms with Crippen molar-refractivity contribution in [3.05, 3.63) is 17.0 Å². The van der Waals surface area contributed by atoms with Crippen LogP contribution in [0.5, 0.6) is 0 Å². The minimum absolute atomic E-state index is 0.353. The zero-order valence-electron chi connectivity index (χ0n) is 12.3. The highest BCUT2D eigenvalue weighted by molar-refractivity contribution is 7.91. The Morgan fingerprint density at radius 3 is 2.25 bits per heavy atom. The molecule has 20 heavy (non-hydrogen) atoms. The number of hydrogen-bond donors (Lipinski definition) is 1. The minimum Gasteiger partial charge on any atom is -0.367 e. The molecule has 1 aromatic heterocycles. The molecule has 0 atom stereocenters. The summed E-state index contributed by atoms with van der Waals surface area (Å²) in [6.45, 7) is 8.72. The maximum absolute atomic E-state index is 12.7. The van der Waals surface area contributed by atoms with E-state index in [2.05, 4.69) is 0 Å². The van der Waals surface area contributed by atoms with Crippen molar-refractivity contribution in [3.8, 4) is 0 Å². The van der Waals surface area contributed by atoms with Crippen LogP contribution in [0.4, 0.5) is 0 Å². The molecule has 0 amide bonds. The van der Waals surface area contributed by atoms with Gasteiger partial charge in [0.15, 0.2) is 0 Å². The van der Waals surface area contributed by atoms with E-state index in [0.29, 0.717) is 23.8 Å². The number of nitrogens with zero attached hydrogens (tertiary/aromatic N) is 1. The first-order chi connectivity index (χ1) is 9.06. The van der Waals surface area contributed by atoms with Crippen LogP contribution < -0.4 is 5.73 Å². The molecule has 2 N–H and O–H groups in total. The van der Waals surface area contributed by atoms with E-state index in [0.717, 1.165) is 4.88 Å². The van der Waals surface area contributed by atoms with Crippen molar-refractivity contribution < 1.29 is 13.2 Å². The molecule has 0 aromatic carbocycles. The lowest BCUT2D eigenvalue weighted by Crippen LogP contribution is -2.58. The molecule has 2 rings (SSSR count). The molecule has 0 saturated carbocycles. The molecule has 0 aliphatic carbocycles. The Balaban J connectivity index is 2.33. The highest BCUT2D eigenvalue weighted by atomic mass is 32.2. The van der Waals surface area contributed by atoms with Crippen LogP contribution in [-0.4, -0.2) is 37.0 Å². The molecule has 1 aliphatic rings. The van der Waals surface area contributed by atoms with Gasteiger partial charge in [-0.25, -0.2) is 8.42 Å². The number of ether oxygens (including phenoxy) is 1. The summed E-state index contributed by atoms with van der Waals surface area (Å²) >= 11 is 1.24. The van der Waals surface area contributed by atoms with Crippen LogP contribution in [0.3, 0.4) is 0 Å². The number of rotatable bonds is 3. The summed E-state index contributed by atoms with van der Waals surface area (Å²) in [6.07, 6.45) is 0. The highest BCUT2D eigenvalue weighted by Gasteiger charge is 2.43. The molecule has 5 nitrogen and oxygen atoms in total. The fraction of sp³-hybridized carbons (Fsp3) is 0.692. The third kappa shape index (κ3) is 3.23. The lowest BCUT2D eigenvalue weighted by atomic mass is 10.0. The highest BCUT2D eigenvalue weighted by Crippen LogP contribution is 2.33. The van der Waals surface area contributed by atoms with Gasteiger partial charge in [-0.15, -0.1) is 11.3 Å². The van der Waals surface area contributed by atoms with Gasteiger partial charge in [0, 0.05) is 24.5 Å². The normalized spacial score (nSPS) is 22.9. The monoisotopic (exact) mass is 318 g/mol. The van der Waals surface area contributed by atoms with Crippen molar-refractivity contribution in [2.24, 2.45) is 5.73 Å². The van der Waals surface area contributed by atoms with Crippen molar-refractivity contribution in [1.29, 1.82) is 0 Å². The average Bonchev–Trinajstić information content (AvgIpc) is 2.73. The first kappa shape index (κ1) is 15.9. The lowest BCUT2D eigenvalue weighted by molar-refractivity contribution is -0.163. The fourth-order valence-electron chi connectivity index (χ4n) is 2.62.